The predicted molar refractivity (Wildman–Crippen MR) is 78.4 cm³/mol. The van der Waals surface area contributed by atoms with Crippen LogP contribution >= 0.6 is 0 Å². The summed E-state index contributed by atoms with van der Waals surface area (Å²) < 4.78 is 7.41. The highest BCUT2D eigenvalue weighted by molar-refractivity contribution is 5.33. The van der Waals surface area contributed by atoms with Gasteiger partial charge in [0.05, 0.1) is 0 Å². The maximum atomic E-state index is 5.85. The summed E-state index contributed by atoms with van der Waals surface area (Å²) >= 11 is 0. The van der Waals surface area contributed by atoms with E-state index in [2.05, 4.69) is 48.4 Å². The standard InChI is InChI=1S/C15H24N4O/c1-5-7-11(3)14-9-8-13(10-12(14)6-2)20-15-16-17-18-19(15)4/h8-9,11,13H,5-7,10H2,1-4H3. The van der Waals surface area contributed by atoms with E-state index in [9.17, 15) is 0 Å². The van der Waals surface area contributed by atoms with Crippen LogP contribution in [0, 0.1) is 5.92 Å². The maximum Gasteiger partial charge on any atom is 0.335 e. The molecule has 5 nitrogen and oxygen atoms in total. The molecule has 2 rings (SSSR count). The van der Waals surface area contributed by atoms with Crippen molar-refractivity contribution in [2.24, 2.45) is 13.0 Å². The molecule has 0 amide bonds. The minimum atomic E-state index is 0.0345. The Kier molecular flexibility index (Phi) is 4.93. The van der Waals surface area contributed by atoms with Gasteiger partial charge in [-0.05, 0) is 40.8 Å². The van der Waals surface area contributed by atoms with Crippen molar-refractivity contribution in [3.63, 3.8) is 0 Å². The van der Waals surface area contributed by atoms with Crippen molar-refractivity contribution in [2.45, 2.75) is 52.6 Å². The Hall–Kier alpha value is -1.65. The third kappa shape index (κ3) is 3.26. The predicted octanol–water partition coefficient (Wildman–Crippen LogP) is 3.06. The van der Waals surface area contributed by atoms with Crippen LogP contribution in [0.2, 0.25) is 0 Å². The van der Waals surface area contributed by atoms with Crippen molar-refractivity contribution in [1.82, 2.24) is 20.2 Å². The van der Waals surface area contributed by atoms with Gasteiger partial charge in [-0.25, -0.2) is 0 Å². The average molecular weight is 276 g/mol. The molecule has 1 aliphatic rings. The summed E-state index contributed by atoms with van der Waals surface area (Å²) in [6.45, 7) is 6.77. The Morgan fingerprint density at radius 3 is 2.85 bits per heavy atom. The largest absolute Gasteiger partial charge is 0.455 e. The molecule has 0 radical (unpaired) electrons. The number of hydrogen-bond donors (Lipinski definition) is 0. The normalized spacial score (nSPS) is 20.3. The number of ether oxygens (including phenoxy) is 1. The molecule has 2 atom stereocenters. The molecule has 0 N–H and O–H groups in total. The lowest BCUT2D eigenvalue weighted by atomic mass is 9.85. The highest BCUT2D eigenvalue weighted by Crippen LogP contribution is 2.30. The average Bonchev–Trinajstić information content (AvgIpc) is 2.84. The third-order valence-corrected chi connectivity index (χ3v) is 3.86. The number of allylic oxidation sites excluding steroid dienone is 2. The molecule has 1 heterocycles. The van der Waals surface area contributed by atoms with Gasteiger partial charge in [-0.2, -0.15) is 4.68 Å². The minimum absolute atomic E-state index is 0.0345. The van der Waals surface area contributed by atoms with Gasteiger partial charge in [0, 0.05) is 13.5 Å². The summed E-state index contributed by atoms with van der Waals surface area (Å²) in [6, 6.07) is 0.472. The first-order chi connectivity index (χ1) is 9.65. The highest BCUT2D eigenvalue weighted by atomic mass is 16.5. The fraction of sp³-hybridized carbons (Fsp3) is 0.667. The molecule has 1 aromatic rings. The molecule has 0 aromatic carbocycles. The van der Waals surface area contributed by atoms with E-state index in [1.165, 1.54) is 24.0 Å². The second-order valence-corrected chi connectivity index (χ2v) is 5.41. The zero-order chi connectivity index (χ0) is 14.5. The van der Waals surface area contributed by atoms with Crippen molar-refractivity contribution in [3.8, 4) is 6.01 Å². The van der Waals surface area contributed by atoms with Crippen LogP contribution in [0.15, 0.2) is 23.3 Å². The van der Waals surface area contributed by atoms with E-state index in [1.807, 2.05) is 0 Å². The second-order valence-electron chi connectivity index (χ2n) is 5.41. The molecule has 5 heteroatoms. The zero-order valence-corrected chi connectivity index (χ0v) is 12.8. The molecular weight excluding hydrogens is 252 g/mol. The van der Waals surface area contributed by atoms with E-state index >= 15 is 0 Å². The van der Waals surface area contributed by atoms with E-state index in [0.29, 0.717) is 11.9 Å². The summed E-state index contributed by atoms with van der Waals surface area (Å²) in [6.07, 6.45) is 8.87. The molecule has 0 fully saturated rings. The fourth-order valence-corrected chi connectivity index (χ4v) is 2.74. The van der Waals surface area contributed by atoms with Gasteiger partial charge < -0.3 is 4.74 Å². The smallest absolute Gasteiger partial charge is 0.335 e. The number of aryl methyl sites for hydroxylation is 1. The molecule has 0 aliphatic heterocycles. The fourth-order valence-electron chi connectivity index (χ4n) is 2.74. The number of hydrogen-bond acceptors (Lipinski definition) is 4. The van der Waals surface area contributed by atoms with Crippen LogP contribution in [0.3, 0.4) is 0 Å². The van der Waals surface area contributed by atoms with Gasteiger partial charge in [-0.1, -0.05) is 43.9 Å². The van der Waals surface area contributed by atoms with E-state index in [0.717, 1.165) is 12.8 Å². The topological polar surface area (TPSA) is 52.8 Å². The van der Waals surface area contributed by atoms with E-state index in [-0.39, 0.29) is 6.10 Å². The Bertz CT molecular complexity index is 504. The van der Waals surface area contributed by atoms with Gasteiger partial charge >= 0.3 is 6.01 Å². The van der Waals surface area contributed by atoms with E-state index in [4.69, 9.17) is 4.74 Å². The van der Waals surface area contributed by atoms with Crippen molar-refractivity contribution in [3.05, 3.63) is 23.3 Å². The van der Waals surface area contributed by atoms with Crippen LogP contribution in [0.25, 0.3) is 0 Å². The summed E-state index contributed by atoms with van der Waals surface area (Å²) in [7, 11) is 1.78. The Labute approximate surface area is 120 Å². The van der Waals surface area contributed by atoms with Crippen LogP contribution in [0.4, 0.5) is 0 Å². The Morgan fingerprint density at radius 1 is 1.45 bits per heavy atom. The summed E-state index contributed by atoms with van der Waals surface area (Å²) in [5, 5.41) is 11.3. The molecule has 20 heavy (non-hydrogen) atoms. The molecule has 0 bridgehead atoms. The highest BCUT2D eigenvalue weighted by Gasteiger charge is 2.21. The van der Waals surface area contributed by atoms with Crippen molar-refractivity contribution in [2.75, 3.05) is 0 Å². The number of nitrogens with zero attached hydrogens (tertiary/aromatic N) is 4. The Morgan fingerprint density at radius 2 is 2.25 bits per heavy atom. The lowest BCUT2D eigenvalue weighted by Gasteiger charge is -2.25. The SMILES string of the molecule is CCCC(C)C1=C(CC)CC(Oc2nnnn2C)C=C1. The maximum absolute atomic E-state index is 5.85. The van der Waals surface area contributed by atoms with Crippen LogP contribution < -0.4 is 4.74 Å². The van der Waals surface area contributed by atoms with Crippen molar-refractivity contribution < 1.29 is 4.74 Å². The molecule has 1 aromatic heterocycles. The van der Waals surface area contributed by atoms with Crippen molar-refractivity contribution >= 4 is 0 Å². The summed E-state index contributed by atoms with van der Waals surface area (Å²) in [5.41, 5.74) is 2.99. The van der Waals surface area contributed by atoms with Gasteiger partial charge in [0.2, 0.25) is 0 Å². The monoisotopic (exact) mass is 276 g/mol. The summed E-state index contributed by atoms with van der Waals surface area (Å²) in [5.74, 6) is 0.628. The van der Waals surface area contributed by atoms with Gasteiger partial charge in [-0.3, -0.25) is 0 Å². The number of rotatable bonds is 6. The Balaban J connectivity index is 2.06. The first-order valence-corrected chi connectivity index (χ1v) is 7.44. The third-order valence-electron chi connectivity index (χ3n) is 3.86. The van der Waals surface area contributed by atoms with Gasteiger partial charge in [0.15, 0.2) is 0 Å². The van der Waals surface area contributed by atoms with Crippen LogP contribution in [0.5, 0.6) is 6.01 Å². The van der Waals surface area contributed by atoms with Gasteiger partial charge in [0.25, 0.3) is 0 Å². The first kappa shape index (κ1) is 14.8. The lowest BCUT2D eigenvalue weighted by molar-refractivity contribution is 0.215. The van der Waals surface area contributed by atoms with E-state index < -0.39 is 0 Å². The molecule has 2 unspecified atom stereocenters. The molecule has 1 aliphatic carbocycles. The zero-order valence-electron chi connectivity index (χ0n) is 12.8. The second kappa shape index (κ2) is 6.68. The van der Waals surface area contributed by atoms with Crippen LogP contribution in [0.1, 0.15) is 46.5 Å². The van der Waals surface area contributed by atoms with Crippen LogP contribution in [-0.4, -0.2) is 26.3 Å². The summed E-state index contributed by atoms with van der Waals surface area (Å²) in [4.78, 5) is 0. The molecule has 0 spiro atoms. The lowest BCUT2D eigenvalue weighted by Crippen LogP contribution is -2.21. The molecular formula is C15H24N4O. The van der Waals surface area contributed by atoms with E-state index in [1.54, 1.807) is 11.7 Å². The van der Waals surface area contributed by atoms with Crippen LogP contribution in [-0.2, 0) is 7.05 Å². The molecule has 0 saturated heterocycles. The molecule has 0 saturated carbocycles. The molecule has 110 valence electrons. The minimum Gasteiger partial charge on any atom is -0.455 e. The quantitative estimate of drug-likeness (QED) is 0.801. The number of aromatic nitrogens is 4. The van der Waals surface area contributed by atoms with Gasteiger partial charge in [0.1, 0.15) is 6.10 Å². The van der Waals surface area contributed by atoms with Crippen molar-refractivity contribution in [1.29, 1.82) is 0 Å². The number of tetrazole rings is 1. The first-order valence-electron chi connectivity index (χ1n) is 7.44. The van der Waals surface area contributed by atoms with Gasteiger partial charge in [-0.15, -0.1) is 0 Å².